The molecule has 1 N–H and O–H groups in total. The number of benzene rings is 2. The van der Waals surface area contributed by atoms with Gasteiger partial charge in [0.1, 0.15) is 0 Å². The molecule has 0 radical (unpaired) electrons. The third-order valence-corrected chi connectivity index (χ3v) is 5.33. The lowest BCUT2D eigenvalue weighted by atomic mass is 9.98. The Hall–Kier alpha value is -1.59. The summed E-state index contributed by atoms with van der Waals surface area (Å²) >= 11 is 5.22. The smallest absolute Gasteiger partial charge is 0.379 e. The third kappa shape index (κ3) is 5.23. The van der Waals surface area contributed by atoms with Gasteiger partial charge in [-0.1, -0.05) is 55.7 Å². The van der Waals surface area contributed by atoms with E-state index in [-0.39, 0.29) is 6.10 Å². The van der Waals surface area contributed by atoms with Crippen LogP contribution in [0.3, 0.4) is 0 Å². The summed E-state index contributed by atoms with van der Waals surface area (Å²) in [6, 6.07) is 12.5. The van der Waals surface area contributed by atoms with Crippen molar-refractivity contribution in [1.82, 2.24) is 0 Å². The SMILES string of the molecule is CC(C(=O)OP(=O)(O)Cl)N(OC1CCCCC1)c1cccc2ccccc12. The molecule has 1 aliphatic rings. The van der Waals surface area contributed by atoms with Crippen LogP contribution in [0.25, 0.3) is 10.8 Å². The topological polar surface area (TPSA) is 76.1 Å². The molecule has 3 rings (SSSR count). The minimum atomic E-state index is -4.46. The molecule has 0 aromatic heterocycles. The number of fused-ring (bicyclic) bond motifs is 1. The van der Waals surface area contributed by atoms with Crippen LogP contribution in [0.1, 0.15) is 39.0 Å². The van der Waals surface area contributed by atoms with E-state index in [1.54, 1.807) is 6.92 Å². The van der Waals surface area contributed by atoms with Gasteiger partial charge < -0.3 is 9.42 Å². The minimum Gasteiger partial charge on any atom is -0.379 e. The molecule has 2 unspecified atom stereocenters. The van der Waals surface area contributed by atoms with Gasteiger partial charge in [-0.2, -0.15) is 0 Å². The van der Waals surface area contributed by atoms with Crippen molar-refractivity contribution in [1.29, 1.82) is 0 Å². The number of carbonyl (C=O) groups excluding carboxylic acids is 1. The van der Waals surface area contributed by atoms with Crippen molar-refractivity contribution >= 4 is 40.6 Å². The largest absolute Gasteiger partial charge is 0.476 e. The maximum Gasteiger partial charge on any atom is 0.476 e. The molecule has 8 heteroatoms. The summed E-state index contributed by atoms with van der Waals surface area (Å²) in [4.78, 5) is 27.8. The molecule has 1 fully saturated rings. The van der Waals surface area contributed by atoms with Crippen LogP contribution in [0.15, 0.2) is 42.5 Å². The van der Waals surface area contributed by atoms with E-state index in [9.17, 15) is 14.3 Å². The fraction of sp³-hybridized carbons (Fsp3) is 0.421. The van der Waals surface area contributed by atoms with Gasteiger partial charge in [-0.05, 0) is 31.2 Å². The van der Waals surface area contributed by atoms with Gasteiger partial charge in [-0.3, -0.25) is 4.84 Å². The Kier molecular flexibility index (Phi) is 6.43. The number of hydrogen-bond acceptors (Lipinski definition) is 5. The summed E-state index contributed by atoms with van der Waals surface area (Å²) in [6.07, 6.45) is 5.09. The molecule has 1 aliphatic carbocycles. The van der Waals surface area contributed by atoms with Crippen molar-refractivity contribution in [3.8, 4) is 0 Å². The second-order valence-corrected chi connectivity index (χ2v) is 9.09. The van der Waals surface area contributed by atoms with Gasteiger partial charge >= 0.3 is 12.9 Å². The number of rotatable bonds is 6. The zero-order chi connectivity index (χ0) is 19.4. The lowest BCUT2D eigenvalue weighted by Crippen LogP contribution is -2.42. The van der Waals surface area contributed by atoms with Crippen molar-refractivity contribution in [3.05, 3.63) is 42.5 Å². The van der Waals surface area contributed by atoms with Crippen LogP contribution in [0.2, 0.25) is 0 Å². The first kappa shape index (κ1) is 20.2. The molecule has 1 saturated carbocycles. The van der Waals surface area contributed by atoms with Gasteiger partial charge in [0.25, 0.3) is 0 Å². The molecule has 2 atom stereocenters. The summed E-state index contributed by atoms with van der Waals surface area (Å²) in [5.74, 6) is -0.917. The summed E-state index contributed by atoms with van der Waals surface area (Å²) in [5.41, 5.74) is 0.700. The average Bonchev–Trinajstić information content (AvgIpc) is 2.65. The quantitative estimate of drug-likeness (QED) is 0.521. The highest BCUT2D eigenvalue weighted by atomic mass is 35.7. The van der Waals surface area contributed by atoms with Crippen LogP contribution in [-0.4, -0.2) is 23.0 Å². The predicted molar refractivity (Wildman–Crippen MR) is 106 cm³/mol. The lowest BCUT2D eigenvalue weighted by molar-refractivity contribution is -0.138. The Bertz CT molecular complexity index is 844. The Balaban J connectivity index is 1.95. The van der Waals surface area contributed by atoms with E-state index in [2.05, 4.69) is 4.52 Å². The zero-order valence-corrected chi connectivity index (χ0v) is 16.7. The van der Waals surface area contributed by atoms with E-state index in [0.29, 0.717) is 5.69 Å². The summed E-state index contributed by atoms with van der Waals surface area (Å²) in [5, 5.41) is 3.40. The van der Waals surface area contributed by atoms with Crippen LogP contribution in [0, 0.1) is 0 Å². The van der Waals surface area contributed by atoms with E-state index in [4.69, 9.17) is 16.1 Å². The maximum absolute atomic E-state index is 12.4. The molecule has 0 aliphatic heterocycles. The average molecular weight is 412 g/mol. The second-order valence-electron chi connectivity index (χ2n) is 6.73. The van der Waals surface area contributed by atoms with Crippen molar-refractivity contribution in [2.24, 2.45) is 0 Å². The van der Waals surface area contributed by atoms with E-state index >= 15 is 0 Å². The van der Waals surface area contributed by atoms with Crippen molar-refractivity contribution in [3.63, 3.8) is 0 Å². The third-order valence-electron chi connectivity index (χ3n) is 4.71. The van der Waals surface area contributed by atoms with Gasteiger partial charge in [-0.25, -0.2) is 14.4 Å². The van der Waals surface area contributed by atoms with Crippen molar-refractivity contribution < 1.29 is 23.6 Å². The standard InChI is InChI=1S/C19H23ClNO5P/c1-14(19(22)26-27(20,23)24)21(25-16-10-3-2-4-11-16)18-13-7-9-15-8-5-6-12-17(15)18/h5-9,12-14,16H,2-4,10-11H2,1H3,(H,23,24). The molecule has 2 aromatic carbocycles. The Morgan fingerprint density at radius 3 is 2.56 bits per heavy atom. The number of hydrogen-bond donors (Lipinski definition) is 1. The molecule has 0 saturated heterocycles. The summed E-state index contributed by atoms with van der Waals surface area (Å²) in [7, 11) is 0. The molecule has 0 bridgehead atoms. The number of hydroxylamine groups is 1. The first-order valence-electron chi connectivity index (χ1n) is 9.05. The van der Waals surface area contributed by atoms with E-state index in [1.807, 2.05) is 42.5 Å². The van der Waals surface area contributed by atoms with Crippen molar-refractivity contribution in [2.45, 2.75) is 51.2 Å². The lowest BCUT2D eigenvalue weighted by Gasteiger charge is -2.34. The number of halogens is 1. The van der Waals surface area contributed by atoms with Crippen LogP contribution >= 0.6 is 18.2 Å². The molecule has 0 amide bonds. The first-order valence-corrected chi connectivity index (χ1v) is 11.5. The fourth-order valence-electron chi connectivity index (χ4n) is 3.37. The van der Waals surface area contributed by atoms with Crippen LogP contribution in [0.4, 0.5) is 5.69 Å². The van der Waals surface area contributed by atoms with Gasteiger partial charge in [0.15, 0.2) is 6.04 Å². The Morgan fingerprint density at radius 1 is 1.19 bits per heavy atom. The van der Waals surface area contributed by atoms with E-state index < -0.39 is 19.0 Å². The molecular weight excluding hydrogens is 389 g/mol. The normalized spacial score (nSPS) is 18.6. The van der Waals surface area contributed by atoms with Gasteiger partial charge in [0.05, 0.1) is 11.8 Å². The molecule has 27 heavy (non-hydrogen) atoms. The van der Waals surface area contributed by atoms with E-state index in [0.717, 1.165) is 36.5 Å². The minimum absolute atomic E-state index is 0.0232. The molecule has 6 nitrogen and oxygen atoms in total. The molecule has 0 heterocycles. The summed E-state index contributed by atoms with van der Waals surface area (Å²) < 4.78 is 15.8. The molecule has 146 valence electrons. The number of anilines is 1. The monoisotopic (exact) mass is 411 g/mol. The second kappa shape index (κ2) is 8.61. The first-order chi connectivity index (χ1) is 12.8. The van der Waals surface area contributed by atoms with Gasteiger partial charge in [-0.15, -0.1) is 0 Å². The van der Waals surface area contributed by atoms with Gasteiger partial charge in [0, 0.05) is 16.6 Å². The Labute approximate surface area is 163 Å². The number of carbonyl (C=O) groups is 1. The highest BCUT2D eigenvalue weighted by Crippen LogP contribution is 2.48. The summed E-state index contributed by atoms with van der Waals surface area (Å²) in [6.45, 7) is -2.89. The zero-order valence-electron chi connectivity index (χ0n) is 15.1. The van der Waals surface area contributed by atoms with Crippen molar-refractivity contribution in [2.75, 3.05) is 5.06 Å². The molecule has 2 aromatic rings. The highest BCUT2D eigenvalue weighted by Gasteiger charge is 2.32. The predicted octanol–water partition coefficient (Wildman–Crippen LogP) is 5.18. The van der Waals surface area contributed by atoms with E-state index in [1.165, 1.54) is 11.5 Å². The molecular formula is C19H23ClNO5P. The number of nitrogens with zero attached hydrogens (tertiary/aromatic N) is 1. The maximum atomic E-state index is 12.4. The molecule has 0 spiro atoms. The van der Waals surface area contributed by atoms with Crippen LogP contribution in [-0.2, 0) is 18.7 Å². The van der Waals surface area contributed by atoms with Gasteiger partial charge in [0.2, 0.25) is 0 Å². The van der Waals surface area contributed by atoms with Crippen LogP contribution in [0.5, 0.6) is 0 Å². The highest BCUT2D eigenvalue weighted by molar-refractivity contribution is 7.80. The fourth-order valence-corrected chi connectivity index (χ4v) is 3.95. The van der Waals surface area contributed by atoms with Crippen LogP contribution < -0.4 is 5.06 Å². The Morgan fingerprint density at radius 2 is 1.85 bits per heavy atom.